The molecule has 1 aliphatic rings. The molecule has 1 heterocycles. The number of nitrogens with one attached hydrogen (secondary N) is 1. The summed E-state index contributed by atoms with van der Waals surface area (Å²) in [5.41, 5.74) is 0. The van der Waals surface area contributed by atoms with Crippen LogP contribution in [0.25, 0.3) is 0 Å². The van der Waals surface area contributed by atoms with Crippen LogP contribution in [0.3, 0.4) is 0 Å². The number of aliphatic carboxylic acids is 1. The highest BCUT2D eigenvalue weighted by Gasteiger charge is 2.34. The molecule has 1 aromatic heterocycles. The molecule has 2 amide bonds. The molecule has 0 aliphatic heterocycles. The summed E-state index contributed by atoms with van der Waals surface area (Å²) in [5.74, 6) is -1.25. The maximum atomic E-state index is 12.1. The molecular weight excluding hydrogens is 276 g/mol. The first-order valence-corrected chi connectivity index (χ1v) is 7.72. The molecule has 2 atom stereocenters. The monoisotopic (exact) mass is 296 g/mol. The molecule has 0 spiro atoms. The molecule has 6 heteroatoms. The van der Waals surface area contributed by atoms with Crippen molar-refractivity contribution in [3.05, 3.63) is 22.4 Å². The molecule has 0 bridgehead atoms. The summed E-state index contributed by atoms with van der Waals surface area (Å²) < 4.78 is 0. The molecule has 2 unspecified atom stereocenters. The first-order chi connectivity index (χ1) is 9.58. The Balaban J connectivity index is 1.80. The van der Waals surface area contributed by atoms with Crippen LogP contribution in [0.5, 0.6) is 0 Å². The number of likely N-dealkylation sites (N-methyl/N-ethyl adjacent to an activating group) is 1. The first-order valence-electron chi connectivity index (χ1n) is 6.84. The predicted octanol–water partition coefficient (Wildman–Crippen LogP) is 2.19. The number of rotatable bonds is 5. The van der Waals surface area contributed by atoms with Crippen molar-refractivity contribution < 1.29 is 14.7 Å². The number of carboxylic acid groups (broad SMARTS) is 1. The van der Waals surface area contributed by atoms with Gasteiger partial charge in [-0.2, -0.15) is 0 Å². The van der Waals surface area contributed by atoms with Gasteiger partial charge in [-0.1, -0.05) is 12.5 Å². The molecule has 0 aromatic carbocycles. The van der Waals surface area contributed by atoms with E-state index in [0.717, 1.165) is 19.3 Å². The van der Waals surface area contributed by atoms with Gasteiger partial charge in [0.15, 0.2) is 0 Å². The van der Waals surface area contributed by atoms with Crippen molar-refractivity contribution in [1.29, 1.82) is 0 Å². The molecule has 1 fully saturated rings. The van der Waals surface area contributed by atoms with E-state index in [0.29, 0.717) is 13.0 Å². The van der Waals surface area contributed by atoms with Crippen LogP contribution in [-0.2, 0) is 11.2 Å². The van der Waals surface area contributed by atoms with Crippen molar-refractivity contribution in [1.82, 2.24) is 10.2 Å². The maximum Gasteiger partial charge on any atom is 0.317 e. The summed E-state index contributed by atoms with van der Waals surface area (Å²) in [6.45, 7) is 0.636. The molecule has 1 saturated carbocycles. The lowest BCUT2D eigenvalue weighted by atomic mass is 10.0. The minimum absolute atomic E-state index is 0.181. The molecule has 0 radical (unpaired) electrons. The van der Waals surface area contributed by atoms with Crippen LogP contribution >= 0.6 is 11.3 Å². The average Bonchev–Trinajstić information content (AvgIpc) is 3.06. The van der Waals surface area contributed by atoms with E-state index in [1.54, 1.807) is 23.3 Å². The van der Waals surface area contributed by atoms with Crippen LogP contribution in [0, 0.1) is 5.92 Å². The number of nitrogens with zero attached hydrogens (tertiary/aromatic N) is 1. The zero-order chi connectivity index (χ0) is 14.5. The quantitative estimate of drug-likeness (QED) is 0.875. The number of hydrogen-bond donors (Lipinski definition) is 2. The highest BCUT2D eigenvalue weighted by molar-refractivity contribution is 7.09. The lowest BCUT2D eigenvalue weighted by Crippen LogP contribution is -2.46. The lowest BCUT2D eigenvalue weighted by molar-refractivity contribution is -0.142. The van der Waals surface area contributed by atoms with Crippen LogP contribution in [-0.4, -0.2) is 41.6 Å². The Labute approximate surface area is 122 Å². The number of amides is 2. The second-order valence-corrected chi connectivity index (χ2v) is 6.21. The fourth-order valence-corrected chi connectivity index (χ4v) is 3.23. The van der Waals surface area contributed by atoms with E-state index < -0.39 is 11.9 Å². The number of urea groups is 1. The van der Waals surface area contributed by atoms with Gasteiger partial charge >= 0.3 is 12.0 Å². The number of thiophene rings is 1. The van der Waals surface area contributed by atoms with E-state index in [2.05, 4.69) is 5.32 Å². The summed E-state index contributed by atoms with van der Waals surface area (Å²) in [7, 11) is 1.74. The topological polar surface area (TPSA) is 69.6 Å². The SMILES string of the molecule is CN(CCc1cccs1)C(=O)NC1CCCC1C(=O)O. The third kappa shape index (κ3) is 3.72. The van der Waals surface area contributed by atoms with E-state index in [1.165, 1.54) is 4.88 Å². The Morgan fingerprint density at radius 3 is 2.95 bits per heavy atom. The van der Waals surface area contributed by atoms with Gasteiger partial charge in [0.2, 0.25) is 0 Å². The molecule has 1 aliphatic carbocycles. The van der Waals surface area contributed by atoms with E-state index in [-0.39, 0.29) is 12.1 Å². The van der Waals surface area contributed by atoms with Gasteiger partial charge in [0.1, 0.15) is 0 Å². The van der Waals surface area contributed by atoms with E-state index >= 15 is 0 Å². The summed E-state index contributed by atoms with van der Waals surface area (Å²) in [5, 5.41) is 14.0. The fraction of sp³-hybridized carbons (Fsp3) is 0.571. The van der Waals surface area contributed by atoms with Gasteiger partial charge in [0.25, 0.3) is 0 Å². The Morgan fingerprint density at radius 2 is 2.30 bits per heavy atom. The van der Waals surface area contributed by atoms with Gasteiger partial charge in [0, 0.05) is 24.5 Å². The Bertz CT molecular complexity index is 461. The molecule has 0 saturated heterocycles. The molecule has 2 N–H and O–H groups in total. The van der Waals surface area contributed by atoms with Gasteiger partial charge in [-0.15, -0.1) is 11.3 Å². The maximum absolute atomic E-state index is 12.1. The third-order valence-electron chi connectivity index (χ3n) is 3.76. The van der Waals surface area contributed by atoms with Crippen molar-refractivity contribution in [2.24, 2.45) is 5.92 Å². The van der Waals surface area contributed by atoms with Crippen LogP contribution in [0.1, 0.15) is 24.1 Å². The predicted molar refractivity (Wildman–Crippen MR) is 77.9 cm³/mol. The van der Waals surface area contributed by atoms with E-state index in [4.69, 9.17) is 5.11 Å². The lowest BCUT2D eigenvalue weighted by Gasteiger charge is -2.23. The molecule has 110 valence electrons. The van der Waals surface area contributed by atoms with Crippen molar-refractivity contribution in [2.45, 2.75) is 31.7 Å². The Morgan fingerprint density at radius 1 is 1.50 bits per heavy atom. The second kappa shape index (κ2) is 6.74. The second-order valence-electron chi connectivity index (χ2n) is 5.18. The van der Waals surface area contributed by atoms with Crippen molar-refractivity contribution in [3.8, 4) is 0 Å². The standard InChI is InChI=1S/C14H20N2O3S/c1-16(8-7-10-4-3-9-20-10)14(19)15-12-6-2-5-11(12)13(17)18/h3-4,9,11-12H,2,5-8H2,1H3,(H,15,19)(H,17,18). The molecular formula is C14H20N2O3S. The minimum atomic E-state index is -0.811. The van der Waals surface area contributed by atoms with Crippen LogP contribution in [0.2, 0.25) is 0 Å². The zero-order valence-electron chi connectivity index (χ0n) is 11.5. The van der Waals surface area contributed by atoms with Gasteiger partial charge in [-0.25, -0.2) is 4.79 Å². The molecule has 2 rings (SSSR count). The first kappa shape index (κ1) is 14.8. The van der Waals surface area contributed by atoms with Gasteiger partial charge < -0.3 is 15.3 Å². The minimum Gasteiger partial charge on any atom is -0.481 e. The smallest absolute Gasteiger partial charge is 0.317 e. The van der Waals surface area contributed by atoms with Crippen molar-refractivity contribution in [3.63, 3.8) is 0 Å². The normalized spacial score (nSPS) is 21.6. The fourth-order valence-electron chi connectivity index (χ4n) is 2.53. The highest BCUT2D eigenvalue weighted by Crippen LogP contribution is 2.25. The summed E-state index contributed by atoms with van der Waals surface area (Å²) in [6.07, 6.45) is 3.09. The van der Waals surface area contributed by atoms with E-state index in [9.17, 15) is 9.59 Å². The van der Waals surface area contributed by atoms with Gasteiger partial charge in [0.05, 0.1) is 5.92 Å². The molecule has 1 aromatic rings. The third-order valence-corrected chi connectivity index (χ3v) is 4.70. The summed E-state index contributed by atoms with van der Waals surface area (Å²) in [4.78, 5) is 26.0. The zero-order valence-corrected chi connectivity index (χ0v) is 12.4. The number of carboxylic acids is 1. The number of carbonyl (C=O) groups is 2. The molecule has 20 heavy (non-hydrogen) atoms. The summed E-state index contributed by atoms with van der Waals surface area (Å²) >= 11 is 1.68. The number of carbonyl (C=O) groups excluding carboxylic acids is 1. The van der Waals surface area contributed by atoms with Crippen molar-refractivity contribution in [2.75, 3.05) is 13.6 Å². The van der Waals surface area contributed by atoms with Crippen LogP contribution < -0.4 is 5.32 Å². The van der Waals surface area contributed by atoms with Crippen LogP contribution in [0.4, 0.5) is 4.79 Å². The summed E-state index contributed by atoms with van der Waals surface area (Å²) in [6, 6.07) is 3.63. The van der Waals surface area contributed by atoms with Gasteiger partial charge in [-0.3, -0.25) is 4.79 Å². The highest BCUT2D eigenvalue weighted by atomic mass is 32.1. The Hall–Kier alpha value is -1.56. The van der Waals surface area contributed by atoms with Gasteiger partial charge in [-0.05, 0) is 30.7 Å². The largest absolute Gasteiger partial charge is 0.481 e. The molecule has 5 nitrogen and oxygen atoms in total. The average molecular weight is 296 g/mol. The Kier molecular flexibility index (Phi) is 5.00. The van der Waals surface area contributed by atoms with Crippen LogP contribution in [0.15, 0.2) is 17.5 Å². The van der Waals surface area contributed by atoms with Crippen molar-refractivity contribution >= 4 is 23.3 Å². The number of hydrogen-bond acceptors (Lipinski definition) is 3. The van der Waals surface area contributed by atoms with E-state index in [1.807, 2.05) is 17.5 Å².